The molecule has 1 aliphatic heterocycles. The summed E-state index contributed by atoms with van der Waals surface area (Å²) in [6.45, 7) is 1.52. The van der Waals surface area contributed by atoms with Crippen LogP contribution in [0.1, 0.15) is 32.1 Å². The number of nitrogens with one attached hydrogen (secondary N) is 1. The Hall–Kier alpha value is -1.26. The van der Waals surface area contributed by atoms with Gasteiger partial charge in [0.2, 0.25) is 5.91 Å². The summed E-state index contributed by atoms with van der Waals surface area (Å²) in [5.41, 5.74) is 0. The highest BCUT2D eigenvalue weighted by Crippen LogP contribution is 2.17. The molecule has 0 atom stereocenters. The van der Waals surface area contributed by atoms with E-state index in [4.69, 9.17) is 4.74 Å². The Bertz CT molecular complexity index is 274. The number of hydrogen-bond donors (Lipinski definition) is 1. The monoisotopic (exact) mass is 226 g/mol. The lowest BCUT2D eigenvalue weighted by molar-refractivity contribution is -0.121. The summed E-state index contributed by atoms with van der Waals surface area (Å²) in [5, 5.41) is 3.00. The van der Waals surface area contributed by atoms with Gasteiger partial charge in [-0.05, 0) is 12.8 Å². The maximum absolute atomic E-state index is 11.6. The summed E-state index contributed by atoms with van der Waals surface area (Å²) < 4.78 is 4.79. The van der Waals surface area contributed by atoms with Crippen LogP contribution in [0.25, 0.3) is 0 Å². The van der Waals surface area contributed by atoms with Crippen molar-refractivity contribution in [3.8, 4) is 0 Å². The lowest BCUT2D eigenvalue weighted by Gasteiger charge is -2.14. The van der Waals surface area contributed by atoms with Crippen molar-refractivity contribution in [2.45, 2.75) is 38.1 Å². The Labute approximate surface area is 95.1 Å². The van der Waals surface area contributed by atoms with Crippen LogP contribution in [-0.2, 0) is 9.53 Å². The molecule has 5 heteroatoms. The van der Waals surface area contributed by atoms with E-state index in [1.54, 1.807) is 4.90 Å². The molecule has 0 spiro atoms. The van der Waals surface area contributed by atoms with E-state index in [9.17, 15) is 9.59 Å². The zero-order valence-corrected chi connectivity index (χ0v) is 9.41. The van der Waals surface area contributed by atoms with E-state index >= 15 is 0 Å². The van der Waals surface area contributed by atoms with Gasteiger partial charge in [-0.25, -0.2) is 4.79 Å². The number of carbonyl (C=O) groups is 2. The second-order valence-electron chi connectivity index (χ2n) is 4.40. The molecule has 0 unspecified atom stereocenters. The number of hydrogen-bond acceptors (Lipinski definition) is 3. The molecule has 16 heavy (non-hydrogen) atoms. The summed E-state index contributed by atoms with van der Waals surface area (Å²) >= 11 is 0. The minimum atomic E-state index is -0.298. The molecule has 1 saturated heterocycles. The molecule has 0 bridgehead atoms. The normalized spacial score (nSPS) is 21.2. The summed E-state index contributed by atoms with van der Waals surface area (Å²) in [6.07, 6.45) is 4.70. The first kappa shape index (κ1) is 11.2. The quantitative estimate of drug-likeness (QED) is 0.774. The van der Waals surface area contributed by atoms with Crippen LogP contribution in [0.5, 0.6) is 0 Å². The number of amides is 2. The SMILES string of the molecule is O=C(CCN1CCOC1=O)NC1CCCC1. The van der Waals surface area contributed by atoms with Gasteiger partial charge in [0.15, 0.2) is 0 Å². The maximum atomic E-state index is 11.6. The van der Waals surface area contributed by atoms with Gasteiger partial charge >= 0.3 is 6.09 Å². The minimum absolute atomic E-state index is 0.0478. The molecule has 0 aromatic heterocycles. The Kier molecular flexibility index (Phi) is 3.64. The molecule has 0 aromatic carbocycles. The third-order valence-corrected chi connectivity index (χ3v) is 3.17. The van der Waals surface area contributed by atoms with Crippen LogP contribution in [0.2, 0.25) is 0 Å². The van der Waals surface area contributed by atoms with Crippen molar-refractivity contribution in [1.29, 1.82) is 0 Å². The lowest BCUT2D eigenvalue weighted by atomic mass is 10.2. The Morgan fingerprint density at radius 2 is 2.19 bits per heavy atom. The highest BCUT2D eigenvalue weighted by Gasteiger charge is 2.23. The number of nitrogens with zero attached hydrogens (tertiary/aromatic N) is 1. The van der Waals surface area contributed by atoms with Crippen molar-refractivity contribution in [1.82, 2.24) is 10.2 Å². The smallest absolute Gasteiger partial charge is 0.409 e. The molecule has 1 N–H and O–H groups in total. The number of ether oxygens (including phenoxy) is 1. The van der Waals surface area contributed by atoms with E-state index in [1.165, 1.54) is 12.8 Å². The topological polar surface area (TPSA) is 58.6 Å². The summed E-state index contributed by atoms with van der Waals surface area (Å²) in [6, 6.07) is 0.359. The molecule has 2 fully saturated rings. The van der Waals surface area contributed by atoms with Gasteiger partial charge in [-0.1, -0.05) is 12.8 Å². The highest BCUT2D eigenvalue weighted by atomic mass is 16.6. The molecule has 90 valence electrons. The van der Waals surface area contributed by atoms with Crippen LogP contribution < -0.4 is 5.32 Å². The second-order valence-corrected chi connectivity index (χ2v) is 4.40. The van der Waals surface area contributed by atoms with Gasteiger partial charge in [0.05, 0.1) is 6.54 Å². The molecule has 0 aromatic rings. The van der Waals surface area contributed by atoms with Crippen molar-refractivity contribution in [2.75, 3.05) is 19.7 Å². The number of rotatable bonds is 4. The molecule has 0 radical (unpaired) electrons. The molecule has 2 rings (SSSR count). The van der Waals surface area contributed by atoms with Gasteiger partial charge in [-0.15, -0.1) is 0 Å². The fraction of sp³-hybridized carbons (Fsp3) is 0.818. The lowest BCUT2D eigenvalue weighted by Crippen LogP contribution is -2.36. The average Bonchev–Trinajstić information content (AvgIpc) is 2.87. The second kappa shape index (κ2) is 5.18. The Morgan fingerprint density at radius 3 is 2.81 bits per heavy atom. The summed E-state index contributed by atoms with van der Waals surface area (Å²) in [5.74, 6) is 0.0478. The van der Waals surface area contributed by atoms with Gasteiger partial charge in [-0.3, -0.25) is 4.79 Å². The average molecular weight is 226 g/mol. The molecule has 1 aliphatic carbocycles. The first-order chi connectivity index (χ1) is 7.75. The van der Waals surface area contributed by atoms with Crippen LogP contribution in [0.15, 0.2) is 0 Å². The van der Waals surface area contributed by atoms with Crippen molar-refractivity contribution in [3.63, 3.8) is 0 Å². The largest absolute Gasteiger partial charge is 0.448 e. The fourth-order valence-electron chi connectivity index (χ4n) is 2.24. The van der Waals surface area contributed by atoms with Crippen molar-refractivity contribution in [2.24, 2.45) is 0 Å². The van der Waals surface area contributed by atoms with Crippen LogP contribution >= 0.6 is 0 Å². The van der Waals surface area contributed by atoms with E-state index in [-0.39, 0.29) is 12.0 Å². The molecular weight excluding hydrogens is 208 g/mol. The van der Waals surface area contributed by atoms with Crippen LogP contribution in [0, 0.1) is 0 Å². The van der Waals surface area contributed by atoms with Gasteiger partial charge < -0.3 is 15.0 Å². The van der Waals surface area contributed by atoms with Crippen molar-refractivity contribution >= 4 is 12.0 Å². The van der Waals surface area contributed by atoms with E-state index < -0.39 is 0 Å². The number of cyclic esters (lactones) is 1. The van der Waals surface area contributed by atoms with E-state index in [0.717, 1.165) is 12.8 Å². The van der Waals surface area contributed by atoms with Crippen molar-refractivity contribution in [3.05, 3.63) is 0 Å². The zero-order chi connectivity index (χ0) is 11.4. The third kappa shape index (κ3) is 2.87. The van der Waals surface area contributed by atoms with Crippen LogP contribution in [0.3, 0.4) is 0 Å². The first-order valence-corrected chi connectivity index (χ1v) is 5.97. The van der Waals surface area contributed by atoms with E-state index in [0.29, 0.717) is 32.2 Å². The minimum Gasteiger partial charge on any atom is -0.448 e. The van der Waals surface area contributed by atoms with Crippen LogP contribution in [0.4, 0.5) is 4.79 Å². The van der Waals surface area contributed by atoms with E-state index in [1.807, 2.05) is 0 Å². The molecule has 2 amide bonds. The fourth-order valence-corrected chi connectivity index (χ4v) is 2.24. The Morgan fingerprint density at radius 1 is 1.44 bits per heavy atom. The van der Waals surface area contributed by atoms with Gasteiger partial charge in [0, 0.05) is 19.0 Å². The Balaban J connectivity index is 1.65. The van der Waals surface area contributed by atoms with Crippen molar-refractivity contribution < 1.29 is 14.3 Å². The zero-order valence-electron chi connectivity index (χ0n) is 9.41. The van der Waals surface area contributed by atoms with Crippen LogP contribution in [-0.4, -0.2) is 42.6 Å². The molecular formula is C11H18N2O3. The molecule has 5 nitrogen and oxygen atoms in total. The predicted octanol–water partition coefficient (Wildman–Crippen LogP) is 0.887. The molecule has 1 heterocycles. The number of carbonyl (C=O) groups excluding carboxylic acids is 2. The van der Waals surface area contributed by atoms with Gasteiger partial charge in [0.1, 0.15) is 6.61 Å². The highest BCUT2D eigenvalue weighted by molar-refractivity contribution is 5.77. The molecule has 2 aliphatic rings. The maximum Gasteiger partial charge on any atom is 0.409 e. The first-order valence-electron chi connectivity index (χ1n) is 5.97. The summed E-state index contributed by atoms with van der Waals surface area (Å²) in [7, 11) is 0. The predicted molar refractivity (Wildman–Crippen MR) is 57.9 cm³/mol. The van der Waals surface area contributed by atoms with Gasteiger partial charge in [-0.2, -0.15) is 0 Å². The molecule has 1 saturated carbocycles. The standard InChI is InChI=1S/C11H18N2O3/c14-10(12-9-3-1-2-4-9)5-6-13-7-8-16-11(13)15/h9H,1-8H2,(H,12,14). The summed E-state index contributed by atoms with van der Waals surface area (Å²) in [4.78, 5) is 24.3. The van der Waals surface area contributed by atoms with E-state index in [2.05, 4.69) is 5.32 Å². The van der Waals surface area contributed by atoms with Gasteiger partial charge in [0.25, 0.3) is 0 Å². The third-order valence-electron chi connectivity index (χ3n) is 3.17.